The van der Waals surface area contributed by atoms with Crippen LogP contribution in [0.1, 0.15) is 23.7 Å². The van der Waals surface area contributed by atoms with Gasteiger partial charge in [0.25, 0.3) is 0 Å². The van der Waals surface area contributed by atoms with Gasteiger partial charge in [-0.15, -0.1) is 0 Å². The molecule has 0 aliphatic rings. The molecule has 0 aliphatic heterocycles. The quantitative estimate of drug-likeness (QED) is 0.817. The third-order valence-electron chi connectivity index (χ3n) is 2.98. The van der Waals surface area contributed by atoms with Crippen LogP contribution < -0.4 is 5.73 Å². The summed E-state index contributed by atoms with van der Waals surface area (Å²) in [5.74, 6) is 0.0763. The Hall–Kier alpha value is -1.74. The zero-order valence-electron chi connectivity index (χ0n) is 9.89. The number of pyridine rings is 1. The van der Waals surface area contributed by atoms with E-state index in [0.29, 0.717) is 18.5 Å². The van der Waals surface area contributed by atoms with Gasteiger partial charge in [0.2, 0.25) is 0 Å². The predicted octanol–water partition coefficient (Wildman–Crippen LogP) is 2.40. The molecule has 0 amide bonds. The SMILES string of the molecule is CC(CCN)C(=O)c1cncc2ccccc12. The van der Waals surface area contributed by atoms with Gasteiger partial charge in [-0.1, -0.05) is 31.2 Å². The molecule has 2 N–H and O–H groups in total. The van der Waals surface area contributed by atoms with Crippen LogP contribution in [0.2, 0.25) is 0 Å². The number of carbonyl (C=O) groups excluding carboxylic acids is 1. The monoisotopic (exact) mass is 228 g/mol. The van der Waals surface area contributed by atoms with Crippen LogP contribution in [0.4, 0.5) is 0 Å². The van der Waals surface area contributed by atoms with Crippen LogP contribution >= 0.6 is 0 Å². The van der Waals surface area contributed by atoms with E-state index in [9.17, 15) is 4.79 Å². The molecule has 1 unspecified atom stereocenters. The number of ketones is 1. The van der Waals surface area contributed by atoms with Crippen molar-refractivity contribution in [2.45, 2.75) is 13.3 Å². The van der Waals surface area contributed by atoms with E-state index in [1.165, 1.54) is 0 Å². The maximum atomic E-state index is 12.3. The average Bonchev–Trinajstić information content (AvgIpc) is 2.37. The van der Waals surface area contributed by atoms with E-state index >= 15 is 0 Å². The molecule has 0 aliphatic carbocycles. The number of fused-ring (bicyclic) bond motifs is 1. The first-order valence-corrected chi connectivity index (χ1v) is 5.81. The van der Waals surface area contributed by atoms with Gasteiger partial charge >= 0.3 is 0 Å². The van der Waals surface area contributed by atoms with E-state index in [0.717, 1.165) is 10.8 Å². The topological polar surface area (TPSA) is 56.0 Å². The minimum Gasteiger partial charge on any atom is -0.330 e. The van der Waals surface area contributed by atoms with Gasteiger partial charge in [-0.25, -0.2) is 0 Å². The maximum Gasteiger partial charge on any atom is 0.167 e. The molecule has 2 aromatic rings. The summed E-state index contributed by atoms with van der Waals surface area (Å²) in [6, 6.07) is 7.81. The van der Waals surface area contributed by atoms with Crippen molar-refractivity contribution in [3.63, 3.8) is 0 Å². The molecule has 0 spiro atoms. The standard InChI is InChI=1S/C14H16N2O/c1-10(6-7-15)14(17)13-9-16-8-11-4-2-3-5-12(11)13/h2-5,8-10H,6-7,15H2,1H3. The van der Waals surface area contributed by atoms with Crippen molar-refractivity contribution < 1.29 is 4.79 Å². The molecule has 0 bridgehead atoms. The van der Waals surface area contributed by atoms with Gasteiger partial charge in [-0.2, -0.15) is 0 Å². The van der Waals surface area contributed by atoms with Crippen molar-refractivity contribution in [1.29, 1.82) is 0 Å². The number of rotatable bonds is 4. The van der Waals surface area contributed by atoms with Crippen molar-refractivity contribution in [3.8, 4) is 0 Å². The van der Waals surface area contributed by atoms with Crippen LogP contribution in [0.25, 0.3) is 10.8 Å². The first-order valence-electron chi connectivity index (χ1n) is 5.81. The molecular formula is C14H16N2O. The zero-order valence-corrected chi connectivity index (χ0v) is 9.89. The zero-order chi connectivity index (χ0) is 12.3. The normalized spacial score (nSPS) is 12.6. The lowest BCUT2D eigenvalue weighted by Crippen LogP contribution is -2.16. The van der Waals surface area contributed by atoms with Gasteiger partial charge in [0.1, 0.15) is 0 Å². The van der Waals surface area contributed by atoms with Gasteiger partial charge in [0.15, 0.2) is 5.78 Å². The highest BCUT2D eigenvalue weighted by molar-refractivity contribution is 6.08. The second kappa shape index (κ2) is 5.06. The fourth-order valence-electron chi connectivity index (χ4n) is 1.96. The summed E-state index contributed by atoms with van der Waals surface area (Å²) < 4.78 is 0. The van der Waals surface area contributed by atoms with Crippen molar-refractivity contribution in [2.75, 3.05) is 6.54 Å². The van der Waals surface area contributed by atoms with Crippen LogP contribution in [0.5, 0.6) is 0 Å². The Balaban J connectivity index is 2.45. The van der Waals surface area contributed by atoms with Gasteiger partial charge in [0, 0.05) is 29.3 Å². The van der Waals surface area contributed by atoms with E-state index in [1.807, 2.05) is 31.2 Å². The van der Waals surface area contributed by atoms with Crippen molar-refractivity contribution >= 4 is 16.6 Å². The highest BCUT2D eigenvalue weighted by atomic mass is 16.1. The molecule has 1 aromatic heterocycles. The summed E-state index contributed by atoms with van der Waals surface area (Å²) in [6.45, 7) is 2.45. The molecule has 0 saturated carbocycles. The Bertz CT molecular complexity index is 531. The number of nitrogens with two attached hydrogens (primary N) is 1. The Morgan fingerprint density at radius 2 is 2.12 bits per heavy atom. The molecule has 3 heteroatoms. The highest BCUT2D eigenvalue weighted by Gasteiger charge is 2.16. The van der Waals surface area contributed by atoms with Crippen molar-refractivity contribution in [3.05, 3.63) is 42.2 Å². The fourth-order valence-corrected chi connectivity index (χ4v) is 1.96. The van der Waals surface area contributed by atoms with Gasteiger partial charge in [-0.3, -0.25) is 9.78 Å². The largest absolute Gasteiger partial charge is 0.330 e. The predicted molar refractivity (Wildman–Crippen MR) is 68.9 cm³/mol. The number of nitrogens with zero attached hydrogens (tertiary/aromatic N) is 1. The van der Waals surface area contributed by atoms with Crippen molar-refractivity contribution in [1.82, 2.24) is 4.98 Å². The number of hydrogen-bond acceptors (Lipinski definition) is 3. The minimum absolute atomic E-state index is 0.0485. The Labute approximate surface area is 101 Å². The summed E-state index contributed by atoms with van der Waals surface area (Å²) in [4.78, 5) is 16.4. The number of hydrogen-bond donors (Lipinski definition) is 1. The number of aromatic nitrogens is 1. The van der Waals surface area contributed by atoms with E-state index in [2.05, 4.69) is 4.98 Å². The highest BCUT2D eigenvalue weighted by Crippen LogP contribution is 2.20. The molecule has 1 aromatic carbocycles. The molecule has 0 saturated heterocycles. The number of carbonyl (C=O) groups is 1. The fraction of sp³-hybridized carbons (Fsp3) is 0.286. The summed E-state index contributed by atoms with van der Waals surface area (Å²) >= 11 is 0. The summed E-state index contributed by atoms with van der Waals surface area (Å²) in [5, 5.41) is 1.97. The van der Waals surface area contributed by atoms with Crippen LogP contribution in [0.3, 0.4) is 0 Å². The minimum atomic E-state index is -0.0485. The van der Waals surface area contributed by atoms with Crippen LogP contribution in [-0.4, -0.2) is 17.3 Å². The number of benzene rings is 1. The second-order valence-electron chi connectivity index (χ2n) is 4.25. The third kappa shape index (κ3) is 2.34. The Kier molecular flexibility index (Phi) is 3.49. The molecule has 2 rings (SSSR count). The van der Waals surface area contributed by atoms with Crippen molar-refractivity contribution in [2.24, 2.45) is 11.7 Å². The van der Waals surface area contributed by atoms with Crippen LogP contribution in [0, 0.1) is 5.92 Å². The molecule has 0 radical (unpaired) electrons. The summed E-state index contributed by atoms with van der Waals surface area (Å²) in [5.41, 5.74) is 6.19. The Morgan fingerprint density at radius 3 is 2.88 bits per heavy atom. The van der Waals surface area contributed by atoms with Gasteiger partial charge in [-0.05, 0) is 18.4 Å². The smallest absolute Gasteiger partial charge is 0.167 e. The third-order valence-corrected chi connectivity index (χ3v) is 2.98. The Morgan fingerprint density at radius 1 is 1.35 bits per heavy atom. The average molecular weight is 228 g/mol. The maximum absolute atomic E-state index is 12.3. The van der Waals surface area contributed by atoms with E-state index in [1.54, 1.807) is 12.4 Å². The molecule has 1 heterocycles. The lowest BCUT2D eigenvalue weighted by molar-refractivity contribution is 0.0927. The lowest BCUT2D eigenvalue weighted by atomic mass is 9.94. The van der Waals surface area contributed by atoms with E-state index in [-0.39, 0.29) is 11.7 Å². The van der Waals surface area contributed by atoms with Gasteiger partial charge < -0.3 is 5.73 Å². The van der Waals surface area contributed by atoms with Crippen LogP contribution in [0.15, 0.2) is 36.7 Å². The second-order valence-corrected chi connectivity index (χ2v) is 4.25. The molecule has 17 heavy (non-hydrogen) atoms. The first-order chi connectivity index (χ1) is 8.24. The van der Waals surface area contributed by atoms with E-state index in [4.69, 9.17) is 5.73 Å². The molecule has 0 fully saturated rings. The summed E-state index contributed by atoms with van der Waals surface area (Å²) in [7, 11) is 0. The molecule has 88 valence electrons. The van der Waals surface area contributed by atoms with Crippen LogP contribution in [-0.2, 0) is 0 Å². The summed E-state index contributed by atoms with van der Waals surface area (Å²) in [6.07, 6.45) is 4.14. The van der Waals surface area contributed by atoms with E-state index < -0.39 is 0 Å². The molecule has 1 atom stereocenters. The first kappa shape index (κ1) is 11.7. The molecular weight excluding hydrogens is 212 g/mol. The van der Waals surface area contributed by atoms with Gasteiger partial charge in [0.05, 0.1) is 0 Å². The number of Topliss-reactive ketones (excluding diaryl/α,β-unsaturated/α-hetero) is 1. The molecule has 3 nitrogen and oxygen atoms in total. The lowest BCUT2D eigenvalue weighted by Gasteiger charge is -2.10.